The Morgan fingerprint density at radius 1 is 1.47 bits per heavy atom. The Bertz CT molecular complexity index is 500. The number of carbonyl (C=O) groups excluding carboxylic acids is 1. The second-order valence-electron chi connectivity index (χ2n) is 2.54. The number of amides is 1. The smallest absolute Gasteiger partial charge is 0.335 e. The highest BCUT2D eigenvalue weighted by Gasteiger charge is 2.08. The van der Waals surface area contributed by atoms with Crippen LogP contribution in [0.3, 0.4) is 0 Å². The molecule has 76 valence electrons. The van der Waals surface area contributed by atoms with Gasteiger partial charge in [-0.2, -0.15) is 0 Å². The Morgan fingerprint density at radius 2 is 2.33 bits per heavy atom. The summed E-state index contributed by atoms with van der Waals surface area (Å²) in [7, 11) is 0. The number of hydrogen-bond acceptors (Lipinski definition) is 6. The standard InChI is InChI=1S/C8H5N3O3S/c12-6-2-1-5(3-14-6)7(13)10-8-11-9-4-15-8/h1-4H,(H,10,11,13). The first-order valence-electron chi connectivity index (χ1n) is 3.92. The molecule has 0 bridgehead atoms. The highest BCUT2D eigenvalue weighted by atomic mass is 32.1. The summed E-state index contributed by atoms with van der Waals surface area (Å²) in [5.41, 5.74) is 1.26. The third kappa shape index (κ3) is 2.26. The number of rotatable bonds is 2. The number of hydrogen-bond donors (Lipinski definition) is 1. The van der Waals surface area contributed by atoms with Crippen LogP contribution in [0, 0.1) is 0 Å². The summed E-state index contributed by atoms with van der Waals surface area (Å²) in [6.07, 6.45) is 1.10. The summed E-state index contributed by atoms with van der Waals surface area (Å²) in [6.45, 7) is 0. The molecule has 0 spiro atoms. The molecule has 2 heterocycles. The molecule has 0 aliphatic rings. The van der Waals surface area contributed by atoms with Gasteiger partial charge in [0.15, 0.2) is 0 Å². The topological polar surface area (TPSA) is 85.1 Å². The number of carbonyl (C=O) groups is 1. The molecule has 0 fully saturated rings. The molecule has 1 amide bonds. The zero-order valence-corrected chi connectivity index (χ0v) is 8.15. The van der Waals surface area contributed by atoms with Crippen LogP contribution in [0.5, 0.6) is 0 Å². The molecule has 0 saturated carbocycles. The van der Waals surface area contributed by atoms with E-state index < -0.39 is 11.5 Å². The average molecular weight is 223 g/mol. The van der Waals surface area contributed by atoms with E-state index in [0.29, 0.717) is 5.13 Å². The summed E-state index contributed by atoms with van der Waals surface area (Å²) in [5, 5.41) is 10.1. The van der Waals surface area contributed by atoms with E-state index in [2.05, 4.69) is 19.9 Å². The molecule has 6 nitrogen and oxygen atoms in total. The van der Waals surface area contributed by atoms with E-state index in [-0.39, 0.29) is 5.56 Å². The van der Waals surface area contributed by atoms with E-state index in [9.17, 15) is 9.59 Å². The second kappa shape index (κ2) is 4.01. The van der Waals surface area contributed by atoms with Crippen molar-refractivity contribution < 1.29 is 9.21 Å². The lowest BCUT2D eigenvalue weighted by atomic mass is 10.3. The molecule has 2 rings (SSSR count). The molecule has 0 aliphatic carbocycles. The Morgan fingerprint density at radius 3 is 2.93 bits per heavy atom. The fourth-order valence-corrected chi connectivity index (χ4v) is 1.32. The molecule has 0 atom stereocenters. The van der Waals surface area contributed by atoms with Crippen LogP contribution >= 0.6 is 11.3 Å². The van der Waals surface area contributed by atoms with Crippen LogP contribution in [0.1, 0.15) is 10.4 Å². The zero-order chi connectivity index (χ0) is 10.7. The molecule has 0 unspecified atom stereocenters. The van der Waals surface area contributed by atoms with Crippen LogP contribution in [0.25, 0.3) is 0 Å². The third-order valence-electron chi connectivity index (χ3n) is 1.54. The molecule has 0 radical (unpaired) electrons. The lowest BCUT2D eigenvalue weighted by Gasteiger charge is -1.98. The summed E-state index contributed by atoms with van der Waals surface area (Å²) in [5.74, 6) is -0.393. The fraction of sp³-hybridized carbons (Fsp3) is 0. The van der Waals surface area contributed by atoms with Gasteiger partial charge in [0.05, 0.1) is 5.56 Å². The van der Waals surface area contributed by atoms with Crippen molar-refractivity contribution in [3.63, 3.8) is 0 Å². The first-order valence-corrected chi connectivity index (χ1v) is 4.80. The van der Waals surface area contributed by atoms with Crippen molar-refractivity contribution >= 4 is 22.4 Å². The van der Waals surface area contributed by atoms with Gasteiger partial charge in [0.1, 0.15) is 11.8 Å². The third-order valence-corrected chi connectivity index (χ3v) is 2.15. The van der Waals surface area contributed by atoms with E-state index >= 15 is 0 Å². The van der Waals surface area contributed by atoms with Gasteiger partial charge in [0, 0.05) is 6.07 Å². The minimum absolute atomic E-state index is 0.254. The normalized spacial score (nSPS) is 9.87. The molecule has 2 aromatic rings. The van der Waals surface area contributed by atoms with Gasteiger partial charge in [-0.1, -0.05) is 11.3 Å². The first kappa shape index (κ1) is 9.53. The van der Waals surface area contributed by atoms with Crippen LogP contribution < -0.4 is 10.9 Å². The summed E-state index contributed by atoms with van der Waals surface area (Å²) in [4.78, 5) is 22.1. The van der Waals surface area contributed by atoms with E-state index in [1.807, 2.05) is 0 Å². The van der Waals surface area contributed by atoms with Crippen molar-refractivity contribution in [2.45, 2.75) is 0 Å². The molecule has 0 saturated heterocycles. The largest absolute Gasteiger partial charge is 0.430 e. The predicted molar refractivity (Wildman–Crippen MR) is 52.8 cm³/mol. The lowest BCUT2D eigenvalue weighted by molar-refractivity contribution is 0.102. The van der Waals surface area contributed by atoms with E-state index in [4.69, 9.17) is 0 Å². The van der Waals surface area contributed by atoms with E-state index in [1.165, 1.54) is 29.0 Å². The zero-order valence-electron chi connectivity index (χ0n) is 7.34. The Hall–Kier alpha value is -2.02. The molecule has 2 aromatic heterocycles. The number of anilines is 1. The quantitative estimate of drug-likeness (QED) is 0.811. The predicted octanol–water partition coefficient (Wildman–Crippen LogP) is 0.744. The summed E-state index contributed by atoms with van der Waals surface area (Å²) in [6, 6.07) is 2.55. The minimum atomic E-state index is -0.498. The number of nitrogens with one attached hydrogen (secondary N) is 1. The van der Waals surface area contributed by atoms with Gasteiger partial charge in [0.2, 0.25) is 5.13 Å². The van der Waals surface area contributed by atoms with Gasteiger partial charge in [0.25, 0.3) is 5.91 Å². The lowest BCUT2D eigenvalue weighted by Crippen LogP contribution is -2.12. The van der Waals surface area contributed by atoms with Crippen LogP contribution in [-0.4, -0.2) is 16.1 Å². The molecule has 15 heavy (non-hydrogen) atoms. The van der Waals surface area contributed by atoms with E-state index in [0.717, 1.165) is 6.26 Å². The maximum absolute atomic E-state index is 11.5. The van der Waals surface area contributed by atoms with Crippen molar-refractivity contribution in [3.05, 3.63) is 39.9 Å². The maximum Gasteiger partial charge on any atom is 0.335 e. The van der Waals surface area contributed by atoms with Crippen molar-refractivity contribution in [2.75, 3.05) is 5.32 Å². The molecule has 0 aliphatic heterocycles. The minimum Gasteiger partial charge on any atom is -0.430 e. The van der Waals surface area contributed by atoms with Crippen LogP contribution in [0.4, 0.5) is 5.13 Å². The Balaban J connectivity index is 2.15. The first-order chi connectivity index (χ1) is 7.25. The highest BCUT2D eigenvalue weighted by Crippen LogP contribution is 2.09. The average Bonchev–Trinajstić information content (AvgIpc) is 2.71. The molecule has 7 heteroatoms. The van der Waals surface area contributed by atoms with Gasteiger partial charge < -0.3 is 4.42 Å². The Labute approximate surface area is 87.6 Å². The van der Waals surface area contributed by atoms with Crippen LogP contribution in [0.15, 0.2) is 33.1 Å². The van der Waals surface area contributed by atoms with Gasteiger partial charge in [-0.25, -0.2) is 4.79 Å². The number of aromatic nitrogens is 2. The van der Waals surface area contributed by atoms with Crippen molar-refractivity contribution in [1.82, 2.24) is 10.2 Å². The Kier molecular flexibility index (Phi) is 2.55. The molecule has 1 N–H and O–H groups in total. The van der Waals surface area contributed by atoms with Crippen LogP contribution in [0.2, 0.25) is 0 Å². The van der Waals surface area contributed by atoms with E-state index in [1.54, 1.807) is 0 Å². The second-order valence-corrected chi connectivity index (χ2v) is 3.37. The highest BCUT2D eigenvalue weighted by molar-refractivity contribution is 7.13. The van der Waals surface area contributed by atoms with Crippen LogP contribution in [-0.2, 0) is 0 Å². The SMILES string of the molecule is O=C(Nc1nncs1)c1ccc(=O)oc1. The van der Waals surface area contributed by atoms with Crippen molar-refractivity contribution in [1.29, 1.82) is 0 Å². The number of nitrogens with zero attached hydrogens (tertiary/aromatic N) is 2. The molecule has 0 aromatic carbocycles. The van der Waals surface area contributed by atoms with Gasteiger partial charge >= 0.3 is 5.63 Å². The maximum atomic E-state index is 11.5. The monoisotopic (exact) mass is 223 g/mol. The summed E-state index contributed by atoms with van der Waals surface area (Å²) < 4.78 is 4.55. The fourth-order valence-electron chi connectivity index (χ4n) is 0.884. The van der Waals surface area contributed by atoms with Gasteiger partial charge in [-0.3, -0.25) is 10.1 Å². The van der Waals surface area contributed by atoms with Gasteiger partial charge in [-0.15, -0.1) is 10.2 Å². The van der Waals surface area contributed by atoms with Crippen molar-refractivity contribution in [2.24, 2.45) is 0 Å². The molecular formula is C8H5N3O3S. The van der Waals surface area contributed by atoms with Crippen molar-refractivity contribution in [3.8, 4) is 0 Å². The van der Waals surface area contributed by atoms with Gasteiger partial charge in [-0.05, 0) is 6.07 Å². The summed E-state index contributed by atoms with van der Waals surface area (Å²) >= 11 is 1.20. The molecular weight excluding hydrogens is 218 g/mol.